The molecule has 2 rings (SSSR count). The van der Waals surface area contributed by atoms with Crippen molar-refractivity contribution in [2.75, 3.05) is 0 Å². The second-order valence-electron chi connectivity index (χ2n) is 2.87. The predicted molar refractivity (Wildman–Crippen MR) is 41.8 cm³/mol. The van der Waals surface area contributed by atoms with Crippen LogP contribution in [0.3, 0.4) is 0 Å². The minimum atomic E-state index is -1.32. The zero-order valence-electron chi connectivity index (χ0n) is 6.46. The zero-order valence-corrected chi connectivity index (χ0v) is 6.46. The Balaban J connectivity index is 2.49. The standard InChI is InChI=1S/C9H8FNO/c10-7-3-4-8-6(9(7)12)2-1-5-11-8/h1-2,5,7H,3-4H2. The van der Waals surface area contributed by atoms with Crippen LogP contribution in [0.2, 0.25) is 0 Å². The molecule has 1 heterocycles. The van der Waals surface area contributed by atoms with Crippen LogP contribution in [0.5, 0.6) is 0 Å². The summed E-state index contributed by atoms with van der Waals surface area (Å²) in [6.07, 6.45) is 1.16. The largest absolute Gasteiger partial charge is 0.291 e. The topological polar surface area (TPSA) is 30.0 Å². The van der Waals surface area contributed by atoms with Crippen molar-refractivity contribution in [1.29, 1.82) is 0 Å². The first kappa shape index (κ1) is 7.40. The van der Waals surface area contributed by atoms with Gasteiger partial charge in [0.2, 0.25) is 0 Å². The van der Waals surface area contributed by atoms with Crippen molar-refractivity contribution in [3.8, 4) is 0 Å². The Labute approximate surface area is 69.4 Å². The van der Waals surface area contributed by atoms with Gasteiger partial charge in [0.1, 0.15) is 0 Å². The average molecular weight is 165 g/mol. The van der Waals surface area contributed by atoms with Gasteiger partial charge in [-0.15, -0.1) is 0 Å². The Bertz CT molecular complexity index is 324. The fourth-order valence-electron chi connectivity index (χ4n) is 1.42. The lowest BCUT2D eigenvalue weighted by molar-refractivity contribution is 0.0854. The number of aromatic nitrogens is 1. The average Bonchev–Trinajstić information content (AvgIpc) is 2.12. The highest BCUT2D eigenvalue weighted by molar-refractivity contribution is 6.01. The zero-order chi connectivity index (χ0) is 8.55. The second-order valence-corrected chi connectivity index (χ2v) is 2.87. The van der Waals surface area contributed by atoms with Crippen LogP contribution < -0.4 is 0 Å². The van der Waals surface area contributed by atoms with Crippen LogP contribution in [0.15, 0.2) is 18.3 Å². The molecule has 2 nitrogen and oxygen atoms in total. The first-order chi connectivity index (χ1) is 5.79. The number of pyridine rings is 1. The van der Waals surface area contributed by atoms with Gasteiger partial charge in [0.05, 0.1) is 5.69 Å². The van der Waals surface area contributed by atoms with Gasteiger partial charge >= 0.3 is 0 Å². The fourth-order valence-corrected chi connectivity index (χ4v) is 1.42. The maximum absolute atomic E-state index is 12.9. The Kier molecular flexibility index (Phi) is 1.64. The lowest BCUT2D eigenvalue weighted by Gasteiger charge is -2.15. The van der Waals surface area contributed by atoms with Crippen LogP contribution in [0, 0.1) is 0 Å². The van der Waals surface area contributed by atoms with E-state index >= 15 is 0 Å². The molecule has 0 aromatic carbocycles. The number of fused-ring (bicyclic) bond motifs is 1. The van der Waals surface area contributed by atoms with Gasteiger partial charge in [0, 0.05) is 11.8 Å². The summed E-state index contributed by atoms with van der Waals surface area (Å²) in [6.45, 7) is 0. The van der Waals surface area contributed by atoms with E-state index in [2.05, 4.69) is 4.98 Å². The lowest BCUT2D eigenvalue weighted by Crippen LogP contribution is -2.24. The summed E-state index contributed by atoms with van der Waals surface area (Å²) in [4.78, 5) is 15.2. The van der Waals surface area contributed by atoms with Crippen LogP contribution in [-0.2, 0) is 6.42 Å². The van der Waals surface area contributed by atoms with Crippen LogP contribution in [-0.4, -0.2) is 16.9 Å². The van der Waals surface area contributed by atoms with Gasteiger partial charge < -0.3 is 0 Å². The molecule has 0 aliphatic heterocycles. The molecule has 0 saturated heterocycles. The number of hydrogen-bond acceptors (Lipinski definition) is 2. The molecule has 62 valence electrons. The molecule has 1 aromatic rings. The van der Waals surface area contributed by atoms with E-state index in [1.807, 2.05) is 0 Å². The maximum atomic E-state index is 12.9. The monoisotopic (exact) mass is 165 g/mol. The molecule has 0 bridgehead atoms. The van der Waals surface area contributed by atoms with Gasteiger partial charge in [-0.25, -0.2) is 4.39 Å². The summed E-state index contributed by atoms with van der Waals surface area (Å²) < 4.78 is 12.9. The summed E-state index contributed by atoms with van der Waals surface area (Å²) in [5.74, 6) is -0.413. The number of hydrogen-bond donors (Lipinski definition) is 0. The number of carbonyl (C=O) groups excluding carboxylic acids is 1. The highest BCUT2D eigenvalue weighted by atomic mass is 19.1. The van der Waals surface area contributed by atoms with E-state index in [0.717, 1.165) is 5.69 Å². The van der Waals surface area contributed by atoms with Crippen molar-refractivity contribution in [2.24, 2.45) is 0 Å². The Morgan fingerprint density at radius 2 is 2.42 bits per heavy atom. The summed E-state index contributed by atoms with van der Waals surface area (Å²) in [5.41, 5.74) is 1.19. The van der Waals surface area contributed by atoms with Crippen molar-refractivity contribution in [2.45, 2.75) is 19.0 Å². The number of carbonyl (C=O) groups is 1. The van der Waals surface area contributed by atoms with Crippen molar-refractivity contribution >= 4 is 5.78 Å². The molecule has 0 saturated carbocycles. The van der Waals surface area contributed by atoms with Crippen molar-refractivity contribution in [1.82, 2.24) is 4.98 Å². The predicted octanol–water partition coefficient (Wildman–Crippen LogP) is 1.55. The third kappa shape index (κ3) is 1.02. The van der Waals surface area contributed by atoms with Crippen LogP contribution in [0.1, 0.15) is 22.5 Å². The number of alkyl halides is 1. The quantitative estimate of drug-likeness (QED) is 0.583. The van der Waals surface area contributed by atoms with E-state index in [1.165, 1.54) is 0 Å². The smallest absolute Gasteiger partial charge is 0.198 e. The molecule has 0 radical (unpaired) electrons. The molecule has 0 spiro atoms. The molecule has 0 amide bonds. The van der Waals surface area contributed by atoms with Gasteiger partial charge in [-0.3, -0.25) is 9.78 Å². The molecule has 1 aliphatic carbocycles. The molecule has 1 atom stereocenters. The summed E-state index contributed by atoms with van der Waals surface area (Å²) in [6, 6.07) is 3.30. The summed E-state index contributed by atoms with van der Waals surface area (Å²) in [7, 11) is 0. The third-order valence-corrected chi connectivity index (χ3v) is 2.07. The molecule has 1 unspecified atom stereocenters. The summed E-state index contributed by atoms with van der Waals surface area (Å²) in [5, 5.41) is 0. The number of ketones is 1. The number of halogens is 1. The number of nitrogens with zero attached hydrogens (tertiary/aromatic N) is 1. The lowest BCUT2D eigenvalue weighted by atomic mass is 9.93. The van der Waals surface area contributed by atoms with Crippen LogP contribution in [0.4, 0.5) is 4.39 Å². The van der Waals surface area contributed by atoms with E-state index in [1.54, 1.807) is 18.3 Å². The molecule has 12 heavy (non-hydrogen) atoms. The van der Waals surface area contributed by atoms with E-state index in [9.17, 15) is 9.18 Å². The third-order valence-electron chi connectivity index (χ3n) is 2.07. The number of rotatable bonds is 0. The highest BCUT2D eigenvalue weighted by Crippen LogP contribution is 2.20. The number of Topliss-reactive ketones (excluding diaryl/α,β-unsaturated/α-hetero) is 1. The SMILES string of the molecule is O=C1c2cccnc2CCC1F. The molecule has 0 fully saturated rings. The molecule has 3 heteroatoms. The maximum Gasteiger partial charge on any atom is 0.198 e. The van der Waals surface area contributed by atoms with Gasteiger partial charge in [-0.05, 0) is 25.0 Å². The van der Waals surface area contributed by atoms with Crippen LogP contribution >= 0.6 is 0 Å². The molecular formula is C9H8FNO. The van der Waals surface area contributed by atoms with Gasteiger partial charge in [-0.2, -0.15) is 0 Å². The van der Waals surface area contributed by atoms with Gasteiger partial charge in [0.25, 0.3) is 0 Å². The fraction of sp³-hybridized carbons (Fsp3) is 0.333. The number of aryl methyl sites for hydroxylation is 1. The summed E-state index contributed by atoms with van der Waals surface area (Å²) >= 11 is 0. The Morgan fingerprint density at radius 3 is 3.25 bits per heavy atom. The molecule has 1 aromatic heterocycles. The first-order valence-corrected chi connectivity index (χ1v) is 3.91. The van der Waals surface area contributed by atoms with Crippen molar-refractivity contribution < 1.29 is 9.18 Å². The Morgan fingerprint density at radius 1 is 1.58 bits per heavy atom. The second kappa shape index (κ2) is 2.66. The van der Waals surface area contributed by atoms with Crippen molar-refractivity contribution in [3.63, 3.8) is 0 Å². The minimum absolute atomic E-state index is 0.281. The molecule has 0 N–H and O–H groups in total. The normalized spacial score (nSPS) is 22.1. The van der Waals surface area contributed by atoms with E-state index in [0.29, 0.717) is 12.0 Å². The van der Waals surface area contributed by atoms with Gasteiger partial charge in [-0.1, -0.05) is 0 Å². The Hall–Kier alpha value is -1.25. The van der Waals surface area contributed by atoms with Gasteiger partial charge in [0.15, 0.2) is 12.0 Å². The molecule has 1 aliphatic rings. The first-order valence-electron chi connectivity index (χ1n) is 3.91. The molecular weight excluding hydrogens is 157 g/mol. The van der Waals surface area contributed by atoms with Crippen LogP contribution in [0.25, 0.3) is 0 Å². The van der Waals surface area contributed by atoms with E-state index in [4.69, 9.17) is 0 Å². The van der Waals surface area contributed by atoms with E-state index < -0.39 is 12.0 Å². The highest BCUT2D eigenvalue weighted by Gasteiger charge is 2.27. The van der Waals surface area contributed by atoms with E-state index in [-0.39, 0.29) is 6.42 Å². The minimum Gasteiger partial charge on any atom is -0.291 e. The van der Waals surface area contributed by atoms with Crippen molar-refractivity contribution in [3.05, 3.63) is 29.6 Å².